The first-order valence-corrected chi connectivity index (χ1v) is 5.93. The largest absolute Gasteiger partial charge is 0.460 e. The topological polar surface area (TPSA) is 67.4 Å². The highest BCUT2D eigenvalue weighted by Gasteiger charge is 2.06. The van der Waals surface area contributed by atoms with Gasteiger partial charge in [0.25, 0.3) is 5.91 Å². The number of anilines is 1. The first-order valence-electron chi connectivity index (χ1n) is 5.93. The van der Waals surface area contributed by atoms with Crippen molar-refractivity contribution in [2.75, 3.05) is 25.5 Å². The molecular weight excluding hydrogens is 244 g/mol. The molecule has 0 unspecified atom stereocenters. The van der Waals surface area contributed by atoms with Gasteiger partial charge in [-0.1, -0.05) is 6.58 Å². The average molecular weight is 262 g/mol. The van der Waals surface area contributed by atoms with Crippen LogP contribution in [0, 0.1) is 0 Å². The van der Waals surface area contributed by atoms with Crippen molar-refractivity contribution in [2.24, 2.45) is 0 Å². The highest BCUT2D eigenvalue weighted by atomic mass is 16.5. The molecule has 0 aliphatic carbocycles. The second-order valence-corrected chi connectivity index (χ2v) is 4.00. The van der Waals surface area contributed by atoms with Gasteiger partial charge in [0.05, 0.1) is 6.54 Å². The Labute approximate surface area is 112 Å². The van der Waals surface area contributed by atoms with E-state index in [-0.39, 0.29) is 19.1 Å². The van der Waals surface area contributed by atoms with Gasteiger partial charge in [0, 0.05) is 23.9 Å². The van der Waals surface area contributed by atoms with E-state index in [1.165, 1.54) is 0 Å². The van der Waals surface area contributed by atoms with Crippen molar-refractivity contribution in [3.63, 3.8) is 0 Å². The first kappa shape index (κ1) is 14.8. The molecule has 102 valence electrons. The Morgan fingerprint density at radius 3 is 2.42 bits per heavy atom. The van der Waals surface area contributed by atoms with Crippen LogP contribution < -0.4 is 10.6 Å². The fourth-order valence-corrected chi connectivity index (χ4v) is 1.32. The maximum atomic E-state index is 11.7. The summed E-state index contributed by atoms with van der Waals surface area (Å²) in [6, 6.07) is 7.08. The Bertz CT molecular complexity index is 466. The van der Waals surface area contributed by atoms with Crippen LogP contribution in [0.1, 0.15) is 17.3 Å². The third-order valence-corrected chi connectivity index (χ3v) is 2.41. The Morgan fingerprint density at radius 1 is 1.26 bits per heavy atom. The van der Waals surface area contributed by atoms with Gasteiger partial charge in [-0.05, 0) is 31.2 Å². The number of carbonyl (C=O) groups excluding carboxylic acids is 2. The Kier molecular flexibility index (Phi) is 5.60. The lowest BCUT2D eigenvalue weighted by Crippen LogP contribution is -2.28. The Balaban J connectivity index is 2.34. The maximum Gasteiger partial charge on any atom is 0.333 e. The summed E-state index contributed by atoms with van der Waals surface area (Å²) in [6.07, 6.45) is 0. The second-order valence-electron chi connectivity index (χ2n) is 4.00. The molecule has 5 heteroatoms. The molecule has 0 radical (unpaired) electrons. The molecule has 19 heavy (non-hydrogen) atoms. The lowest BCUT2D eigenvalue weighted by molar-refractivity contribution is -0.138. The third kappa shape index (κ3) is 4.83. The van der Waals surface area contributed by atoms with Crippen molar-refractivity contribution >= 4 is 17.6 Å². The summed E-state index contributed by atoms with van der Waals surface area (Å²) in [5.41, 5.74) is 1.84. The first-order chi connectivity index (χ1) is 9.04. The number of carbonyl (C=O) groups is 2. The van der Waals surface area contributed by atoms with E-state index in [1.54, 1.807) is 19.1 Å². The molecule has 1 rings (SSSR count). The number of rotatable bonds is 6. The van der Waals surface area contributed by atoms with E-state index in [9.17, 15) is 9.59 Å². The predicted octanol–water partition coefficient (Wildman–Crippen LogP) is 1.58. The van der Waals surface area contributed by atoms with Crippen LogP contribution >= 0.6 is 0 Å². The molecule has 2 N–H and O–H groups in total. The number of amides is 1. The van der Waals surface area contributed by atoms with Crippen molar-refractivity contribution in [1.82, 2.24) is 5.32 Å². The van der Waals surface area contributed by atoms with Crippen LogP contribution in [-0.4, -0.2) is 32.1 Å². The molecule has 0 aliphatic heterocycles. The molecule has 0 bridgehead atoms. The van der Waals surface area contributed by atoms with Crippen LogP contribution in [0.2, 0.25) is 0 Å². The van der Waals surface area contributed by atoms with Crippen LogP contribution in [0.3, 0.4) is 0 Å². The van der Waals surface area contributed by atoms with Crippen LogP contribution in [-0.2, 0) is 9.53 Å². The Hall–Kier alpha value is -2.30. The summed E-state index contributed by atoms with van der Waals surface area (Å²) >= 11 is 0. The molecular formula is C14H18N2O3. The monoisotopic (exact) mass is 262 g/mol. The molecule has 1 amide bonds. The summed E-state index contributed by atoms with van der Waals surface area (Å²) in [6.45, 7) is 5.44. The van der Waals surface area contributed by atoms with Crippen molar-refractivity contribution < 1.29 is 14.3 Å². The number of esters is 1. The SMILES string of the molecule is C=C(C)C(=O)OCCNC(=O)c1ccc(NC)cc1. The number of ether oxygens (including phenoxy) is 1. The quantitative estimate of drug-likeness (QED) is 0.464. The zero-order valence-corrected chi connectivity index (χ0v) is 11.2. The van der Waals surface area contributed by atoms with Gasteiger partial charge in [-0.15, -0.1) is 0 Å². The summed E-state index contributed by atoms with van der Waals surface area (Å²) in [4.78, 5) is 22.8. The van der Waals surface area contributed by atoms with Gasteiger partial charge in [0.15, 0.2) is 0 Å². The molecule has 0 aromatic heterocycles. The van der Waals surface area contributed by atoms with Gasteiger partial charge in [-0.2, -0.15) is 0 Å². The molecule has 0 heterocycles. The fourth-order valence-electron chi connectivity index (χ4n) is 1.32. The fraction of sp³-hybridized carbons (Fsp3) is 0.286. The molecule has 1 aromatic carbocycles. The molecule has 0 fully saturated rings. The zero-order chi connectivity index (χ0) is 14.3. The summed E-state index contributed by atoms with van der Waals surface area (Å²) < 4.78 is 4.86. The van der Waals surface area contributed by atoms with E-state index in [1.807, 2.05) is 19.2 Å². The van der Waals surface area contributed by atoms with E-state index < -0.39 is 5.97 Å². The molecule has 1 aromatic rings. The van der Waals surface area contributed by atoms with Gasteiger partial charge in [0.1, 0.15) is 6.61 Å². The van der Waals surface area contributed by atoms with E-state index in [0.29, 0.717) is 11.1 Å². The maximum absolute atomic E-state index is 11.7. The highest BCUT2D eigenvalue weighted by molar-refractivity contribution is 5.94. The number of benzene rings is 1. The van der Waals surface area contributed by atoms with Crippen molar-refractivity contribution in [3.05, 3.63) is 42.0 Å². The smallest absolute Gasteiger partial charge is 0.333 e. The summed E-state index contributed by atoms with van der Waals surface area (Å²) in [7, 11) is 1.81. The minimum absolute atomic E-state index is 0.131. The minimum atomic E-state index is -0.451. The second kappa shape index (κ2) is 7.20. The van der Waals surface area contributed by atoms with Gasteiger partial charge in [-0.3, -0.25) is 4.79 Å². The van der Waals surface area contributed by atoms with Crippen LogP contribution in [0.4, 0.5) is 5.69 Å². The lowest BCUT2D eigenvalue weighted by atomic mass is 10.2. The van der Waals surface area contributed by atoms with E-state index in [0.717, 1.165) is 5.69 Å². The Morgan fingerprint density at radius 2 is 1.89 bits per heavy atom. The van der Waals surface area contributed by atoms with E-state index >= 15 is 0 Å². The average Bonchev–Trinajstić information content (AvgIpc) is 2.43. The van der Waals surface area contributed by atoms with E-state index in [2.05, 4.69) is 17.2 Å². The summed E-state index contributed by atoms with van der Waals surface area (Å²) in [5, 5.41) is 5.64. The van der Waals surface area contributed by atoms with Gasteiger partial charge >= 0.3 is 5.97 Å². The van der Waals surface area contributed by atoms with Crippen molar-refractivity contribution in [1.29, 1.82) is 0 Å². The van der Waals surface area contributed by atoms with Gasteiger partial charge in [0.2, 0.25) is 0 Å². The standard InChI is InChI=1S/C14H18N2O3/c1-10(2)14(18)19-9-8-16-13(17)11-4-6-12(15-3)7-5-11/h4-7,15H,1,8-9H2,2-3H3,(H,16,17). The molecule has 0 atom stereocenters. The number of hydrogen-bond acceptors (Lipinski definition) is 4. The van der Waals surface area contributed by atoms with E-state index in [4.69, 9.17) is 4.74 Å². The normalized spacial score (nSPS) is 9.58. The molecule has 0 aliphatic rings. The van der Waals surface area contributed by atoms with Gasteiger partial charge < -0.3 is 15.4 Å². The van der Waals surface area contributed by atoms with Crippen LogP contribution in [0.15, 0.2) is 36.4 Å². The van der Waals surface area contributed by atoms with Crippen molar-refractivity contribution in [3.8, 4) is 0 Å². The number of nitrogens with one attached hydrogen (secondary N) is 2. The predicted molar refractivity (Wildman–Crippen MR) is 74.1 cm³/mol. The highest BCUT2D eigenvalue weighted by Crippen LogP contribution is 2.08. The third-order valence-electron chi connectivity index (χ3n) is 2.41. The lowest BCUT2D eigenvalue weighted by Gasteiger charge is -2.07. The minimum Gasteiger partial charge on any atom is -0.460 e. The molecule has 0 saturated heterocycles. The molecule has 0 saturated carbocycles. The van der Waals surface area contributed by atoms with Crippen LogP contribution in [0.5, 0.6) is 0 Å². The summed E-state index contributed by atoms with van der Waals surface area (Å²) in [5.74, 6) is -0.651. The zero-order valence-electron chi connectivity index (χ0n) is 11.2. The van der Waals surface area contributed by atoms with Gasteiger partial charge in [-0.25, -0.2) is 4.79 Å². The number of hydrogen-bond donors (Lipinski definition) is 2. The van der Waals surface area contributed by atoms with Crippen molar-refractivity contribution in [2.45, 2.75) is 6.92 Å². The van der Waals surface area contributed by atoms with Crippen LogP contribution in [0.25, 0.3) is 0 Å². The molecule has 5 nitrogen and oxygen atoms in total. The molecule has 0 spiro atoms.